The molecule has 0 aromatic heterocycles. The molecule has 0 radical (unpaired) electrons. The number of benzene rings is 2. The van der Waals surface area contributed by atoms with E-state index in [4.69, 9.17) is 9.47 Å². The van der Waals surface area contributed by atoms with E-state index < -0.39 is 0 Å². The molecule has 2 aromatic carbocycles. The molecule has 0 saturated carbocycles. The Kier molecular flexibility index (Phi) is 7.09. The Morgan fingerprint density at radius 3 is 2.50 bits per heavy atom. The molecule has 0 saturated heterocycles. The molecule has 5 heteroatoms. The maximum Gasteiger partial charge on any atom is 0.309 e. The van der Waals surface area contributed by atoms with E-state index in [0.717, 1.165) is 24.3 Å². The first-order chi connectivity index (χ1) is 13.6. The molecule has 1 aliphatic heterocycles. The standard InChI is InChI=1S/C23H28N2O3/c1-17(2)23-20(15-24-25-23)14-18-8-10-21(11-9-18)27-13-12-22(26)28-16-19-6-4-3-5-7-19/h3-11,17,24-25H,12-16H2,1-2H3. The van der Waals surface area contributed by atoms with Gasteiger partial charge in [-0.15, -0.1) is 0 Å². The van der Waals surface area contributed by atoms with Crippen molar-refractivity contribution in [3.63, 3.8) is 0 Å². The summed E-state index contributed by atoms with van der Waals surface area (Å²) in [5, 5.41) is 0. The van der Waals surface area contributed by atoms with E-state index in [1.165, 1.54) is 16.8 Å². The van der Waals surface area contributed by atoms with Gasteiger partial charge in [-0.05, 0) is 41.2 Å². The molecule has 0 bridgehead atoms. The number of rotatable bonds is 9. The van der Waals surface area contributed by atoms with Crippen LogP contribution >= 0.6 is 0 Å². The van der Waals surface area contributed by atoms with Gasteiger partial charge >= 0.3 is 5.97 Å². The highest BCUT2D eigenvalue weighted by atomic mass is 16.5. The fourth-order valence-electron chi connectivity index (χ4n) is 3.15. The van der Waals surface area contributed by atoms with Crippen molar-refractivity contribution in [1.82, 2.24) is 10.9 Å². The highest BCUT2D eigenvalue weighted by Gasteiger charge is 2.16. The number of hydrazine groups is 1. The van der Waals surface area contributed by atoms with Gasteiger partial charge in [0, 0.05) is 12.2 Å². The second-order valence-corrected chi connectivity index (χ2v) is 7.22. The number of carbonyl (C=O) groups is 1. The molecule has 0 spiro atoms. The second-order valence-electron chi connectivity index (χ2n) is 7.22. The Hall–Kier alpha value is -2.79. The molecule has 0 unspecified atom stereocenters. The van der Waals surface area contributed by atoms with Crippen molar-refractivity contribution in [1.29, 1.82) is 0 Å². The van der Waals surface area contributed by atoms with Crippen LogP contribution in [0, 0.1) is 5.92 Å². The van der Waals surface area contributed by atoms with Gasteiger partial charge in [-0.2, -0.15) is 0 Å². The predicted molar refractivity (Wildman–Crippen MR) is 109 cm³/mol. The van der Waals surface area contributed by atoms with E-state index in [9.17, 15) is 4.79 Å². The van der Waals surface area contributed by atoms with Gasteiger partial charge in [-0.25, -0.2) is 5.43 Å². The first-order valence-corrected chi connectivity index (χ1v) is 9.74. The van der Waals surface area contributed by atoms with Crippen LogP contribution in [-0.4, -0.2) is 19.1 Å². The third-order valence-electron chi connectivity index (χ3n) is 4.64. The Balaban J connectivity index is 1.41. The lowest BCUT2D eigenvalue weighted by molar-refractivity contribution is -0.145. The van der Waals surface area contributed by atoms with Crippen molar-refractivity contribution in [3.8, 4) is 5.75 Å². The topological polar surface area (TPSA) is 59.6 Å². The number of hydrogen-bond acceptors (Lipinski definition) is 5. The average Bonchev–Trinajstić information content (AvgIpc) is 3.17. The SMILES string of the molecule is CC(C)C1=C(Cc2ccc(OCCC(=O)OCc3ccccc3)cc2)CNN1. The van der Waals surface area contributed by atoms with Crippen LogP contribution < -0.4 is 15.6 Å². The van der Waals surface area contributed by atoms with E-state index in [1.54, 1.807) is 0 Å². The molecular formula is C23H28N2O3. The average molecular weight is 380 g/mol. The summed E-state index contributed by atoms with van der Waals surface area (Å²) in [5.74, 6) is 0.990. The Morgan fingerprint density at radius 2 is 1.79 bits per heavy atom. The molecular weight excluding hydrogens is 352 g/mol. The maximum absolute atomic E-state index is 11.8. The molecule has 28 heavy (non-hydrogen) atoms. The van der Waals surface area contributed by atoms with Gasteiger partial charge in [0.2, 0.25) is 0 Å². The normalized spacial score (nSPS) is 13.5. The minimum atomic E-state index is -0.255. The molecule has 148 valence electrons. The van der Waals surface area contributed by atoms with Crippen molar-refractivity contribution in [3.05, 3.63) is 77.0 Å². The summed E-state index contributed by atoms with van der Waals surface area (Å²) in [6.07, 6.45) is 1.15. The van der Waals surface area contributed by atoms with Crippen LogP contribution in [0.4, 0.5) is 0 Å². The highest BCUT2D eigenvalue weighted by Crippen LogP contribution is 2.20. The Morgan fingerprint density at radius 1 is 1.04 bits per heavy atom. The van der Waals surface area contributed by atoms with Gasteiger partial charge in [0.25, 0.3) is 0 Å². The summed E-state index contributed by atoms with van der Waals surface area (Å²) in [6.45, 7) is 5.86. The zero-order valence-corrected chi connectivity index (χ0v) is 16.5. The molecule has 1 heterocycles. The van der Waals surface area contributed by atoms with Gasteiger partial charge in [0.1, 0.15) is 12.4 Å². The molecule has 0 atom stereocenters. The van der Waals surface area contributed by atoms with Gasteiger partial charge < -0.3 is 14.9 Å². The zero-order chi connectivity index (χ0) is 19.8. The fraction of sp³-hybridized carbons (Fsp3) is 0.348. The molecule has 2 N–H and O–H groups in total. The summed E-state index contributed by atoms with van der Waals surface area (Å²) < 4.78 is 10.9. The summed E-state index contributed by atoms with van der Waals surface area (Å²) >= 11 is 0. The van der Waals surface area contributed by atoms with Gasteiger partial charge in [0.15, 0.2) is 0 Å². The lowest BCUT2D eigenvalue weighted by atomic mass is 9.99. The summed E-state index contributed by atoms with van der Waals surface area (Å²) in [5.41, 5.74) is 11.4. The second kappa shape index (κ2) is 9.95. The molecule has 1 aliphatic rings. The number of ether oxygens (including phenoxy) is 2. The van der Waals surface area contributed by atoms with Gasteiger partial charge in [0.05, 0.1) is 13.0 Å². The Labute approximate surface area is 166 Å². The van der Waals surface area contributed by atoms with E-state index in [-0.39, 0.29) is 12.4 Å². The molecule has 0 amide bonds. The van der Waals surface area contributed by atoms with Gasteiger partial charge in [-0.1, -0.05) is 56.3 Å². The van der Waals surface area contributed by atoms with Crippen molar-refractivity contribution in [2.24, 2.45) is 5.92 Å². The summed E-state index contributed by atoms with van der Waals surface area (Å²) in [4.78, 5) is 11.8. The van der Waals surface area contributed by atoms with E-state index in [1.807, 2.05) is 42.5 Å². The minimum Gasteiger partial charge on any atom is -0.493 e. The Bertz CT molecular complexity index is 798. The highest BCUT2D eigenvalue weighted by molar-refractivity contribution is 5.69. The van der Waals surface area contributed by atoms with Crippen molar-refractivity contribution < 1.29 is 14.3 Å². The molecule has 0 fully saturated rings. The number of carbonyl (C=O) groups excluding carboxylic acids is 1. The van der Waals surface area contributed by atoms with Crippen LogP contribution in [0.25, 0.3) is 0 Å². The maximum atomic E-state index is 11.8. The number of esters is 1. The number of nitrogens with one attached hydrogen (secondary N) is 2. The lowest BCUT2D eigenvalue weighted by Crippen LogP contribution is -2.25. The molecule has 3 rings (SSSR count). The lowest BCUT2D eigenvalue weighted by Gasteiger charge is -2.11. The smallest absolute Gasteiger partial charge is 0.309 e. The first kappa shape index (κ1) is 20.0. The number of hydrogen-bond donors (Lipinski definition) is 2. The third kappa shape index (κ3) is 5.86. The quantitative estimate of drug-likeness (QED) is 0.649. The summed E-state index contributed by atoms with van der Waals surface area (Å²) in [7, 11) is 0. The van der Waals surface area contributed by atoms with E-state index in [0.29, 0.717) is 19.1 Å². The predicted octanol–water partition coefficient (Wildman–Crippen LogP) is 3.76. The van der Waals surface area contributed by atoms with Crippen LogP contribution in [0.3, 0.4) is 0 Å². The van der Waals surface area contributed by atoms with Crippen molar-refractivity contribution in [2.75, 3.05) is 13.2 Å². The largest absolute Gasteiger partial charge is 0.493 e. The monoisotopic (exact) mass is 380 g/mol. The van der Waals surface area contributed by atoms with Crippen molar-refractivity contribution >= 4 is 5.97 Å². The first-order valence-electron chi connectivity index (χ1n) is 9.74. The van der Waals surface area contributed by atoms with Crippen molar-refractivity contribution in [2.45, 2.75) is 33.3 Å². The molecule has 0 aliphatic carbocycles. The van der Waals surface area contributed by atoms with Crippen LogP contribution in [0.1, 0.15) is 31.4 Å². The van der Waals surface area contributed by atoms with Crippen LogP contribution in [0.5, 0.6) is 5.75 Å². The van der Waals surface area contributed by atoms with Crippen LogP contribution in [0.2, 0.25) is 0 Å². The zero-order valence-electron chi connectivity index (χ0n) is 16.5. The van der Waals surface area contributed by atoms with E-state index >= 15 is 0 Å². The minimum absolute atomic E-state index is 0.233. The van der Waals surface area contributed by atoms with Gasteiger partial charge in [-0.3, -0.25) is 4.79 Å². The van der Waals surface area contributed by atoms with E-state index in [2.05, 4.69) is 36.8 Å². The fourth-order valence-corrected chi connectivity index (χ4v) is 3.15. The summed E-state index contributed by atoms with van der Waals surface area (Å²) in [6, 6.07) is 17.7. The molecule has 5 nitrogen and oxygen atoms in total. The van der Waals surface area contributed by atoms with Crippen LogP contribution in [0.15, 0.2) is 65.9 Å². The third-order valence-corrected chi connectivity index (χ3v) is 4.64. The van der Waals surface area contributed by atoms with Crippen LogP contribution in [-0.2, 0) is 22.6 Å². The number of allylic oxidation sites excluding steroid dienone is 1. The molecule has 2 aromatic rings.